The molecular weight excluding hydrogens is 486 g/mol. The lowest BCUT2D eigenvalue weighted by atomic mass is 9.88. The minimum atomic E-state index is -1.28. The van der Waals surface area contributed by atoms with Gasteiger partial charge in [-0.05, 0) is 24.8 Å². The highest BCUT2D eigenvalue weighted by Gasteiger charge is 2.59. The van der Waals surface area contributed by atoms with Gasteiger partial charge in [0.2, 0.25) is 11.8 Å². The number of ether oxygens (including phenoxy) is 4. The summed E-state index contributed by atoms with van der Waals surface area (Å²) in [6.07, 6.45) is -1.73. The van der Waals surface area contributed by atoms with E-state index in [1.165, 1.54) is 6.92 Å². The monoisotopic (exact) mass is 523 g/mol. The van der Waals surface area contributed by atoms with Gasteiger partial charge in [-0.1, -0.05) is 30.3 Å². The molecule has 2 saturated heterocycles. The van der Waals surface area contributed by atoms with Crippen molar-refractivity contribution in [2.45, 2.75) is 69.4 Å². The maximum Gasteiger partial charge on any atom is 0.407 e. The van der Waals surface area contributed by atoms with Crippen molar-refractivity contribution in [2.75, 3.05) is 32.9 Å². The minimum absolute atomic E-state index is 0.0154. The quantitative estimate of drug-likeness (QED) is 0.210. The van der Waals surface area contributed by atoms with Crippen molar-refractivity contribution < 1.29 is 43.5 Å². The number of benzene rings is 1. The molecular formula is C25H37N3O9. The third kappa shape index (κ3) is 8.64. The first-order chi connectivity index (χ1) is 17.8. The maximum atomic E-state index is 12.0. The summed E-state index contributed by atoms with van der Waals surface area (Å²) in [4.78, 5) is 35.0. The Balaban J connectivity index is 1.19. The summed E-state index contributed by atoms with van der Waals surface area (Å²) in [5.41, 5.74) is -0.287. The second-order valence-electron chi connectivity index (χ2n) is 9.23. The molecule has 0 saturated carbocycles. The summed E-state index contributed by atoms with van der Waals surface area (Å²) in [7, 11) is 0. The molecule has 2 aliphatic heterocycles. The Morgan fingerprint density at radius 1 is 1.08 bits per heavy atom. The van der Waals surface area contributed by atoms with Crippen LogP contribution in [0.25, 0.3) is 0 Å². The van der Waals surface area contributed by atoms with Crippen molar-refractivity contribution in [3.63, 3.8) is 0 Å². The first-order valence-corrected chi connectivity index (χ1v) is 12.5. The smallest absolute Gasteiger partial charge is 0.407 e. The zero-order valence-electron chi connectivity index (χ0n) is 21.0. The number of alkyl carbamates (subject to hydrolysis) is 1. The fraction of sp³-hybridized carbons (Fsp3) is 0.640. The fourth-order valence-corrected chi connectivity index (χ4v) is 4.18. The van der Waals surface area contributed by atoms with Gasteiger partial charge in [-0.25, -0.2) is 4.79 Å². The Morgan fingerprint density at radius 2 is 1.84 bits per heavy atom. The van der Waals surface area contributed by atoms with E-state index in [0.717, 1.165) is 5.56 Å². The summed E-state index contributed by atoms with van der Waals surface area (Å²) in [6, 6.07) is 8.54. The van der Waals surface area contributed by atoms with Crippen molar-refractivity contribution in [2.24, 2.45) is 0 Å². The molecule has 12 nitrogen and oxygen atoms in total. The molecule has 2 fully saturated rings. The number of aliphatic hydroxyl groups is 2. The standard InChI is InChI=1S/C25H37N3O9/c1-17(29)28-20-21(31)22(32)25(16-36-23(20)37-25)15-34-13-6-5-10-19(30)26-11-7-12-27-24(33)35-14-18-8-3-2-4-9-18/h2-4,8-9,20-23,31-32H,5-7,10-16H2,1H3,(H,26,30)(H,27,33)(H,28,29)/t20-,21-,22-,23+,25+/m1/s1. The highest BCUT2D eigenvalue weighted by molar-refractivity contribution is 5.75. The predicted octanol–water partition coefficient (Wildman–Crippen LogP) is -0.0422. The minimum Gasteiger partial charge on any atom is -0.445 e. The van der Waals surface area contributed by atoms with Gasteiger partial charge in [-0.3, -0.25) is 9.59 Å². The molecule has 0 radical (unpaired) electrons. The van der Waals surface area contributed by atoms with Crippen molar-refractivity contribution in [3.05, 3.63) is 35.9 Å². The number of hydrogen-bond acceptors (Lipinski definition) is 9. The Labute approximate surface area is 216 Å². The Bertz CT molecular complexity index is 887. The summed E-state index contributed by atoms with van der Waals surface area (Å²) in [5.74, 6) is -0.450. The summed E-state index contributed by atoms with van der Waals surface area (Å²) >= 11 is 0. The summed E-state index contributed by atoms with van der Waals surface area (Å²) in [5, 5.41) is 28.9. The summed E-state index contributed by atoms with van der Waals surface area (Å²) < 4.78 is 22.1. The first kappa shape index (κ1) is 28.8. The highest BCUT2D eigenvalue weighted by Crippen LogP contribution is 2.37. The molecule has 2 bridgehead atoms. The van der Waals surface area contributed by atoms with E-state index in [1.54, 1.807) is 0 Å². The molecule has 1 aromatic carbocycles. The lowest BCUT2D eigenvalue weighted by molar-refractivity contribution is -0.237. The molecule has 5 N–H and O–H groups in total. The molecule has 3 amide bonds. The lowest BCUT2D eigenvalue weighted by Crippen LogP contribution is -2.66. The Hall–Kier alpha value is -2.77. The number of unbranched alkanes of at least 4 members (excludes halogenated alkanes) is 1. The second kappa shape index (κ2) is 14.2. The fourth-order valence-electron chi connectivity index (χ4n) is 4.18. The molecule has 12 heteroatoms. The first-order valence-electron chi connectivity index (χ1n) is 12.5. The molecule has 0 spiro atoms. The second-order valence-corrected chi connectivity index (χ2v) is 9.23. The molecule has 0 aromatic heterocycles. The van der Waals surface area contributed by atoms with Gasteiger partial charge < -0.3 is 45.1 Å². The van der Waals surface area contributed by atoms with Gasteiger partial charge in [0, 0.05) is 33.0 Å². The molecule has 0 unspecified atom stereocenters. The molecule has 2 aliphatic rings. The number of carbonyl (C=O) groups is 3. The Morgan fingerprint density at radius 3 is 2.59 bits per heavy atom. The number of hydrogen-bond donors (Lipinski definition) is 5. The van der Waals surface area contributed by atoms with Crippen LogP contribution in [0.4, 0.5) is 4.79 Å². The number of nitrogens with one attached hydrogen (secondary N) is 3. The Kier molecular flexibility index (Phi) is 11.1. The predicted molar refractivity (Wildman–Crippen MR) is 130 cm³/mol. The van der Waals surface area contributed by atoms with Crippen LogP contribution in [0.2, 0.25) is 0 Å². The van der Waals surface area contributed by atoms with Gasteiger partial charge in [0.25, 0.3) is 0 Å². The van der Waals surface area contributed by atoms with Crippen LogP contribution in [-0.2, 0) is 35.1 Å². The molecule has 0 aliphatic carbocycles. The van der Waals surface area contributed by atoms with E-state index in [1.807, 2.05) is 30.3 Å². The van der Waals surface area contributed by atoms with Crippen LogP contribution >= 0.6 is 0 Å². The topological polar surface area (TPSA) is 165 Å². The third-order valence-corrected chi connectivity index (χ3v) is 6.18. The SMILES string of the molecule is CC(=O)N[C@H]1[C@H]2OC[C@](COCCCCC(=O)NCCCNC(=O)OCc3ccccc3)(O2)[C@H](O)[C@@H]1O. The highest BCUT2D eigenvalue weighted by atomic mass is 16.7. The zero-order valence-corrected chi connectivity index (χ0v) is 21.0. The van der Waals surface area contributed by atoms with E-state index in [0.29, 0.717) is 45.4 Å². The zero-order chi connectivity index (χ0) is 26.7. The average molecular weight is 524 g/mol. The lowest BCUT2D eigenvalue weighted by Gasteiger charge is -2.42. The van der Waals surface area contributed by atoms with Crippen LogP contribution in [-0.4, -0.2) is 91.2 Å². The average Bonchev–Trinajstić information content (AvgIpc) is 3.29. The van der Waals surface area contributed by atoms with Crippen molar-refractivity contribution in [1.82, 2.24) is 16.0 Å². The van der Waals surface area contributed by atoms with Crippen LogP contribution in [0, 0.1) is 0 Å². The third-order valence-electron chi connectivity index (χ3n) is 6.18. The number of aliphatic hydroxyl groups excluding tert-OH is 2. The van der Waals surface area contributed by atoms with E-state index in [2.05, 4.69) is 16.0 Å². The van der Waals surface area contributed by atoms with Gasteiger partial charge in [-0.2, -0.15) is 0 Å². The van der Waals surface area contributed by atoms with Crippen molar-refractivity contribution >= 4 is 17.9 Å². The van der Waals surface area contributed by atoms with Gasteiger partial charge >= 0.3 is 6.09 Å². The molecule has 37 heavy (non-hydrogen) atoms. The molecule has 5 atom stereocenters. The normalized spacial score (nSPS) is 26.4. The van der Waals surface area contributed by atoms with Crippen molar-refractivity contribution in [3.8, 4) is 0 Å². The van der Waals surface area contributed by atoms with E-state index < -0.39 is 36.2 Å². The van der Waals surface area contributed by atoms with Crippen LogP contribution in [0.3, 0.4) is 0 Å². The van der Waals surface area contributed by atoms with E-state index in [9.17, 15) is 24.6 Å². The van der Waals surface area contributed by atoms with Crippen LogP contribution in [0.5, 0.6) is 0 Å². The number of carbonyl (C=O) groups excluding carboxylic acids is 3. The van der Waals surface area contributed by atoms with Crippen LogP contribution in [0.1, 0.15) is 38.2 Å². The number of fused-ring (bicyclic) bond motifs is 2. The van der Waals surface area contributed by atoms with Crippen LogP contribution < -0.4 is 16.0 Å². The van der Waals surface area contributed by atoms with Gasteiger partial charge in [0.05, 0.1) is 13.2 Å². The van der Waals surface area contributed by atoms with E-state index >= 15 is 0 Å². The molecule has 206 valence electrons. The van der Waals surface area contributed by atoms with Gasteiger partial charge in [0.15, 0.2) is 6.29 Å². The molecule has 3 rings (SSSR count). The number of rotatable bonds is 14. The molecule has 1 aromatic rings. The molecule has 2 heterocycles. The van der Waals surface area contributed by atoms with Gasteiger partial charge in [-0.15, -0.1) is 0 Å². The van der Waals surface area contributed by atoms with E-state index in [4.69, 9.17) is 18.9 Å². The summed E-state index contributed by atoms with van der Waals surface area (Å²) in [6.45, 7) is 2.74. The van der Waals surface area contributed by atoms with Crippen molar-refractivity contribution in [1.29, 1.82) is 0 Å². The maximum absolute atomic E-state index is 12.0. The number of amides is 3. The van der Waals surface area contributed by atoms with Crippen LogP contribution in [0.15, 0.2) is 30.3 Å². The van der Waals surface area contributed by atoms with E-state index in [-0.39, 0.29) is 31.6 Å². The largest absolute Gasteiger partial charge is 0.445 e. The van der Waals surface area contributed by atoms with Gasteiger partial charge in [0.1, 0.15) is 30.5 Å².